The van der Waals surface area contributed by atoms with E-state index in [1.807, 2.05) is 27.7 Å². The molecule has 2 saturated heterocycles. The second kappa shape index (κ2) is 17.5. The molecule has 2 saturated carbocycles. The van der Waals surface area contributed by atoms with Gasteiger partial charge < -0.3 is 71.8 Å². The van der Waals surface area contributed by atoms with Gasteiger partial charge in [0.15, 0.2) is 23.3 Å². The van der Waals surface area contributed by atoms with Crippen LogP contribution in [0.25, 0.3) is 21.8 Å². The first kappa shape index (κ1) is 46.9. The summed E-state index contributed by atoms with van der Waals surface area (Å²) in [5.74, 6) is -7.26. The summed E-state index contributed by atoms with van der Waals surface area (Å²) >= 11 is 0. The first-order chi connectivity index (χ1) is 26.4. The number of nitrogens with one attached hydrogen (secondary N) is 2. The van der Waals surface area contributed by atoms with Gasteiger partial charge in [0.1, 0.15) is 11.4 Å². The Morgan fingerprint density at radius 3 is 1.15 bits per heavy atom. The molecule has 2 aliphatic heterocycles. The summed E-state index contributed by atoms with van der Waals surface area (Å²) in [7, 11) is 0. The number of nitrogens with zero attached hydrogens (tertiary/aromatic N) is 4. The molecule has 4 atom stereocenters. The van der Waals surface area contributed by atoms with E-state index in [2.05, 4.69) is 10.6 Å². The van der Waals surface area contributed by atoms with E-state index in [4.69, 9.17) is 11.5 Å². The van der Waals surface area contributed by atoms with Crippen molar-refractivity contribution < 1.29 is 69.4 Å². The van der Waals surface area contributed by atoms with Crippen molar-refractivity contribution in [2.75, 3.05) is 47.4 Å². The molecule has 4 aliphatic rings. The van der Waals surface area contributed by atoms with Crippen LogP contribution in [0.3, 0.4) is 0 Å². The Labute approximate surface area is 349 Å². The molecule has 6 N–H and O–H groups in total. The molecule has 0 spiro atoms. The summed E-state index contributed by atoms with van der Waals surface area (Å²) < 4.78 is 64.4. The Morgan fingerprint density at radius 2 is 0.898 bits per heavy atom. The van der Waals surface area contributed by atoms with Gasteiger partial charge >= 0.3 is 0 Å². The first-order valence-electron chi connectivity index (χ1n) is 18.6. The third-order valence-corrected chi connectivity index (χ3v) is 10.8. The topological polar surface area (TPSA) is 264 Å². The molecule has 2 aliphatic carbocycles. The molecule has 16 nitrogen and oxygen atoms in total. The minimum absolute atomic E-state index is 0. The molecular weight excluding hydrogens is 868 g/mol. The quantitative estimate of drug-likeness (QED) is 0.121. The van der Waals surface area contributed by atoms with Gasteiger partial charge in [-0.25, -0.2) is 17.6 Å². The molecular formula is C38H42F4MoN8O8-6. The Bertz CT molecular complexity index is 2260. The number of carbonyl (C=O) groups is 2. The van der Waals surface area contributed by atoms with Gasteiger partial charge in [0.2, 0.25) is 10.9 Å². The van der Waals surface area contributed by atoms with E-state index in [1.165, 1.54) is 9.13 Å². The molecule has 21 heteroatoms. The zero-order valence-electron chi connectivity index (χ0n) is 32.4. The Balaban J connectivity index is 0.000000248. The number of halogens is 4. The number of anilines is 4. The SMILES string of the molecule is CC1CN(c2c(F)c(N)c3c(=O)c(C(=O)[O-])cn(C4CC4)c3c2F)CC(C)N1.CC1CN(c2c(F)c(N)c3c(=O)c(C(=O)[O-])cn(C4CC4)c3c2F)CC(C)N1.[Mo].[O-2].[O-2]. The minimum Gasteiger partial charge on any atom is -2.00 e. The Hall–Kier alpha value is -4.75. The number of rotatable bonds is 6. The van der Waals surface area contributed by atoms with Gasteiger partial charge in [-0.05, 0) is 53.4 Å². The van der Waals surface area contributed by atoms with Crippen molar-refractivity contribution >= 4 is 56.5 Å². The largest absolute Gasteiger partial charge is 2.00 e. The molecule has 0 amide bonds. The van der Waals surface area contributed by atoms with Gasteiger partial charge in [0.25, 0.3) is 0 Å². The van der Waals surface area contributed by atoms with Crippen LogP contribution in [0.5, 0.6) is 0 Å². The van der Waals surface area contributed by atoms with E-state index in [0.29, 0.717) is 51.9 Å². The number of nitrogens with two attached hydrogens (primary N) is 2. The van der Waals surface area contributed by atoms with Crippen LogP contribution in [0.15, 0.2) is 22.0 Å². The molecule has 4 heterocycles. The maximum atomic E-state index is 15.6. The molecule has 2 aromatic carbocycles. The van der Waals surface area contributed by atoms with Crippen molar-refractivity contribution in [1.82, 2.24) is 19.8 Å². The molecule has 0 bridgehead atoms. The summed E-state index contributed by atoms with van der Waals surface area (Å²) in [6, 6.07) is -0.296. The first-order valence-corrected chi connectivity index (χ1v) is 18.6. The van der Waals surface area contributed by atoms with E-state index < -0.39 is 79.3 Å². The number of benzene rings is 2. The number of aromatic carboxylic acids is 2. The van der Waals surface area contributed by atoms with Crippen LogP contribution < -0.4 is 53.0 Å². The smallest absolute Gasteiger partial charge is 0.200 e. The van der Waals surface area contributed by atoms with Gasteiger partial charge in [-0.1, -0.05) is 0 Å². The second-order valence-corrected chi connectivity index (χ2v) is 15.6. The summed E-state index contributed by atoms with van der Waals surface area (Å²) in [5.41, 5.74) is 6.54. The van der Waals surface area contributed by atoms with Gasteiger partial charge in [0, 0.05) is 95.9 Å². The predicted octanol–water partition coefficient (Wildman–Crippen LogP) is 1.25. The number of nitrogen functional groups attached to an aromatic ring is 2. The van der Waals surface area contributed by atoms with Crippen LogP contribution in [0, 0.1) is 23.3 Å². The fourth-order valence-corrected chi connectivity index (χ4v) is 8.25. The summed E-state index contributed by atoms with van der Waals surface area (Å²) in [5, 5.41) is 28.4. The van der Waals surface area contributed by atoms with Crippen LogP contribution in [0.1, 0.15) is 86.2 Å². The van der Waals surface area contributed by atoms with Crippen molar-refractivity contribution in [2.24, 2.45) is 0 Å². The van der Waals surface area contributed by atoms with Crippen molar-refractivity contribution in [1.29, 1.82) is 0 Å². The van der Waals surface area contributed by atoms with Crippen LogP contribution in [-0.2, 0) is 32.0 Å². The van der Waals surface area contributed by atoms with E-state index in [9.17, 15) is 29.4 Å². The van der Waals surface area contributed by atoms with E-state index in [1.54, 1.807) is 9.80 Å². The fraction of sp³-hybridized carbons (Fsp3) is 0.474. The van der Waals surface area contributed by atoms with Gasteiger partial charge in [-0.2, -0.15) is 0 Å². The molecule has 59 heavy (non-hydrogen) atoms. The van der Waals surface area contributed by atoms with Gasteiger partial charge in [-0.3, -0.25) is 9.59 Å². The van der Waals surface area contributed by atoms with Crippen LogP contribution in [-0.4, -0.2) is 71.4 Å². The number of fused-ring (bicyclic) bond motifs is 2. The third-order valence-electron chi connectivity index (χ3n) is 10.8. The number of hydrogen-bond acceptors (Lipinski definition) is 12. The molecule has 4 fully saturated rings. The van der Waals surface area contributed by atoms with Crippen molar-refractivity contribution in [3.63, 3.8) is 0 Å². The van der Waals surface area contributed by atoms with Crippen LogP contribution in [0.2, 0.25) is 0 Å². The average molecular weight is 911 g/mol. The normalized spacial score (nSPS) is 21.5. The monoisotopic (exact) mass is 912 g/mol. The zero-order chi connectivity index (χ0) is 40.7. The summed E-state index contributed by atoms with van der Waals surface area (Å²) in [6.45, 7) is 9.12. The number of hydrogen-bond donors (Lipinski definition) is 4. The standard InChI is InChI=1S/2C19H22F2N4O3.Mo.2O/c2*1-8-5-24(6-9(2)23-8)17-13(20)15(22)12-16(14(17)21)25(10-3-4-10)7-11(18(12)26)19(27)28;;;/h2*7-10,23H,3-6,22H2,1-2H3,(H,27,28);;;/q;;;2*-2/p-2. The average Bonchev–Trinajstić information content (AvgIpc) is 4.04. The van der Waals surface area contributed by atoms with E-state index in [0.717, 1.165) is 12.4 Å². The number of carboxylic acid groups (broad SMARTS) is 2. The molecule has 322 valence electrons. The maximum absolute atomic E-state index is 15.6. The van der Waals surface area contributed by atoms with E-state index in [-0.39, 0.29) is 90.7 Å². The van der Waals surface area contributed by atoms with E-state index >= 15 is 17.6 Å². The number of pyridine rings is 2. The summed E-state index contributed by atoms with van der Waals surface area (Å²) in [4.78, 5) is 51.1. The third kappa shape index (κ3) is 8.37. The van der Waals surface area contributed by atoms with Crippen LogP contribution in [0.4, 0.5) is 40.3 Å². The number of carboxylic acids is 2. The maximum Gasteiger partial charge on any atom is 0.200 e. The molecule has 2 aromatic heterocycles. The zero-order valence-corrected chi connectivity index (χ0v) is 34.4. The number of carbonyl (C=O) groups excluding carboxylic acids is 2. The summed E-state index contributed by atoms with van der Waals surface area (Å²) in [6.07, 6.45) is 5.00. The predicted molar refractivity (Wildman–Crippen MR) is 200 cm³/mol. The van der Waals surface area contributed by atoms with Crippen molar-refractivity contribution in [3.8, 4) is 0 Å². The van der Waals surface area contributed by atoms with Crippen molar-refractivity contribution in [3.05, 3.63) is 67.2 Å². The van der Waals surface area contributed by atoms with Crippen LogP contribution >= 0.6 is 0 Å². The molecule has 4 aromatic rings. The van der Waals surface area contributed by atoms with Gasteiger partial charge in [-0.15, -0.1) is 0 Å². The molecule has 0 radical (unpaired) electrons. The number of piperazine rings is 2. The Morgan fingerprint density at radius 1 is 0.610 bits per heavy atom. The minimum atomic E-state index is -1.70. The second-order valence-electron chi connectivity index (χ2n) is 15.6. The Kier molecular flexibility index (Phi) is 13.9. The molecule has 8 rings (SSSR count). The van der Waals surface area contributed by atoms with Gasteiger partial charge in [0.05, 0.1) is 56.2 Å². The number of aromatic nitrogens is 2. The molecule has 4 unspecified atom stereocenters. The fourth-order valence-electron chi connectivity index (χ4n) is 8.25. The van der Waals surface area contributed by atoms with Crippen molar-refractivity contribution in [2.45, 2.75) is 89.6 Å².